The normalized spacial score (nSPS) is 10.8. The van der Waals surface area contributed by atoms with Gasteiger partial charge in [-0.15, -0.1) is 0 Å². The fourth-order valence-electron chi connectivity index (χ4n) is 2.22. The van der Waals surface area contributed by atoms with Crippen LogP contribution in [-0.4, -0.2) is 9.78 Å². The zero-order valence-corrected chi connectivity index (χ0v) is 12.9. The number of anilines is 1. The second-order valence-electron chi connectivity index (χ2n) is 4.79. The van der Waals surface area contributed by atoms with Crippen molar-refractivity contribution < 1.29 is 4.39 Å². The zero-order chi connectivity index (χ0) is 15.0. The Hall–Kier alpha value is -2.14. The van der Waals surface area contributed by atoms with Gasteiger partial charge in [0.1, 0.15) is 11.5 Å². The smallest absolute Gasteiger partial charge is 0.124 e. The molecular formula is C16H13BrFN3. The number of aryl methyl sites for hydroxylation is 1. The van der Waals surface area contributed by atoms with Gasteiger partial charge in [0, 0.05) is 10.0 Å². The molecule has 0 aliphatic rings. The highest BCUT2D eigenvalue weighted by Crippen LogP contribution is 2.32. The summed E-state index contributed by atoms with van der Waals surface area (Å²) in [6.45, 7) is 2.01. The van der Waals surface area contributed by atoms with Crippen molar-refractivity contribution in [2.75, 3.05) is 5.73 Å². The Morgan fingerprint density at radius 3 is 2.67 bits per heavy atom. The lowest BCUT2D eigenvalue weighted by Crippen LogP contribution is -1.97. The molecule has 1 heterocycles. The fourth-order valence-corrected chi connectivity index (χ4v) is 2.76. The van der Waals surface area contributed by atoms with Gasteiger partial charge in [-0.3, -0.25) is 0 Å². The molecule has 0 bridgehead atoms. The number of rotatable bonds is 2. The summed E-state index contributed by atoms with van der Waals surface area (Å²) in [5.74, 6) is -0.303. The molecule has 5 heteroatoms. The van der Waals surface area contributed by atoms with Crippen LogP contribution in [0.5, 0.6) is 0 Å². The first-order chi connectivity index (χ1) is 10.1. The minimum Gasteiger partial charge on any atom is -0.396 e. The summed E-state index contributed by atoms with van der Waals surface area (Å²) in [5, 5.41) is 4.54. The summed E-state index contributed by atoms with van der Waals surface area (Å²) in [5.41, 5.74) is 10.1. The van der Waals surface area contributed by atoms with Crippen LogP contribution in [0.3, 0.4) is 0 Å². The van der Waals surface area contributed by atoms with Crippen LogP contribution < -0.4 is 5.73 Å². The van der Waals surface area contributed by atoms with Crippen LogP contribution in [0.4, 0.5) is 10.1 Å². The van der Waals surface area contributed by atoms with Crippen molar-refractivity contribution in [3.63, 3.8) is 0 Å². The molecular weight excluding hydrogens is 333 g/mol. The number of nitrogen functional groups attached to an aromatic ring is 1. The van der Waals surface area contributed by atoms with Gasteiger partial charge in [-0.05, 0) is 52.7 Å². The monoisotopic (exact) mass is 345 g/mol. The number of hydrogen-bond acceptors (Lipinski definition) is 2. The van der Waals surface area contributed by atoms with Gasteiger partial charge in [0.2, 0.25) is 0 Å². The van der Waals surface area contributed by atoms with E-state index in [1.165, 1.54) is 12.1 Å². The van der Waals surface area contributed by atoms with Crippen LogP contribution >= 0.6 is 15.9 Å². The van der Waals surface area contributed by atoms with Gasteiger partial charge >= 0.3 is 0 Å². The Labute approximate surface area is 130 Å². The average molecular weight is 346 g/mol. The van der Waals surface area contributed by atoms with Gasteiger partial charge in [0.15, 0.2) is 0 Å². The molecule has 0 amide bonds. The zero-order valence-electron chi connectivity index (χ0n) is 11.3. The van der Waals surface area contributed by atoms with Crippen LogP contribution in [0.25, 0.3) is 16.9 Å². The summed E-state index contributed by atoms with van der Waals surface area (Å²) in [6, 6.07) is 12.4. The van der Waals surface area contributed by atoms with E-state index in [1.54, 1.807) is 16.9 Å². The first-order valence-electron chi connectivity index (χ1n) is 6.43. The summed E-state index contributed by atoms with van der Waals surface area (Å²) < 4.78 is 15.6. The molecule has 1 aromatic heterocycles. The Balaban J connectivity index is 2.12. The van der Waals surface area contributed by atoms with Crippen molar-refractivity contribution >= 4 is 21.6 Å². The predicted octanol–water partition coefficient (Wildman–Crippen LogP) is 4.33. The Kier molecular flexibility index (Phi) is 3.51. The molecule has 0 spiro atoms. The van der Waals surface area contributed by atoms with E-state index < -0.39 is 0 Å². The fraction of sp³-hybridized carbons (Fsp3) is 0.0625. The highest BCUT2D eigenvalue weighted by Gasteiger charge is 2.13. The summed E-state index contributed by atoms with van der Waals surface area (Å²) in [4.78, 5) is 0. The van der Waals surface area contributed by atoms with Crippen molar-refractivity contribution in [1.29, 1.82) is 0 Å². The van der Waals surface area contributed by atoms with E-state index in [4.69, 9.17) is 5.73 Å². The van der Waals surface area contributed by atoms with E-state index in [0.29, 0.717) is 15.9 Å². The lowest BCUT2D eigenvalue weighted by molar-refractivity contribution is 0.627. The molecule has 0 saturated carbocycles. The number of nitrogens with two attached hydrogens (primary N) is 1. The second kappa shape index (κ2) is 5.33. The van der Waals surface area contributed by atoms with E-state index in [0.717, 1.165) is 16.8 Å². The lowest BCUT2D eigenvalue weighted by Gasteiger charge is -2.05. The lowest BCUT2D eigenvalue weighted by atomic mass is 10.1. The maximum atomic E-state index is 13.2. The molecule has 0 radical (unpaired) electrons. The van der Waals surface area contributed by atoms with Crippen LogP contribution in [0.15, 0.2) is 53.1 Å². The number of hydrogen-bond donors (Lipinski definition) is 1. The van der Waals surface area contributed by atoms with Crippen LogP contribution in [-0.2, 0) is 0 Å². The molecule has 21 heavy (non-hydrogen) atoms. The second-order valence-corrected chi connectivity index (χ2v) is 5.64. The molecule has 0 aliphatic heterocycles. The maximum Gasteiger partial charge on any atom is 0.124 e. The number of nitrogens with zero attached hydrogens (tertiary/aromatic N) is 2. The van der Waals surface area contributed by atoms with Crippen LogP contribution in [0, 0.1) is 12.7 Å². The summed E-state index contributed by atoms with van der Waals surface area (Å²) in [7, 11) is 0. The first-order valence-corrected chi connectivity index (χ1v) is 7.22. The van der Waals surface area contributed by atoms with E-state index >= 15 is 0 Å². The topological polar surface area (TPSA) is 43.8 Å². The van der Waals surface area contributed by atoms with E-state index in [2.05, 4.69) is 21.0 Å². The molecule has 3 aromatic rings. The third-order valence-electron chi connectivity index (χ3n) is 3.29. The molecule has 0 aliphatic carbocycles. The maximum absolute atomic E-state index is 13.2. The molecule has 0 saturated heterocycles. The van der Waals surface area contributed by atoms with Crippen molar-refractivity contribution in [2.24, 2.45) is 0 Å². The van der Waals surface area contributed by atoms with Gasteiger partial charge in [-0.2, -0.15) is 5.10 Å². The number of aromatic nitrogens is 2. The SMILES string of the molecule is Cc1ccccc1-n1cc(N)c(-c2ccc(F)cc2Br)n1. The van der Waals surface area contributed by atoms with Crippen molar-refractivity contribution in [3.8, 4) is 16.9 Å². The van der Waals surface area contributed by atoms with E-state index in [-0.39, 0.29) is 5.82 Å². The van der Waals surface area contributed by atoms with Crippen molar-refractivity contribution in [1.82, 2.24) is 9.78 Å². The van der Waals surface area contributed by atoms with E-state index in [9.17, 15) is 4.39 Å². The molecule has 3 nitrogen and oxygen atoms in total. The molecule has 0 atom stereocenters. The van der Waals surface area contributed by atoms with Gasteiger partial charge < -0.3 is 5.73 Å². The third-order valence-corrected chi connectivity index (χ3v) is 3.95. The standard InChI is InChI=1S/C16H13BrFN3/c1-10-4-2-3-5-15(10)21-9-14(19)16(20-21)12-7-6-11(18)8-13(12)17/h2-9H,19H2,1H3. The Morgan fingerprint density at radius 1 is 1.19 bits per heavy atom. The van der Waals surface area contributed by atoms with Gasteiger partial charge in [-0.1, -0.05) is 18.2 Å². The van der Waals surface area contributed by atoms with Gasteiger partial charge in [0.05, 0.1) is 17.6 Å². The minimum absolute atomic E-state index is 0.303. The predicted molar refractivity (Wildman–Crippen MR) is 85.8 cm³/mol. The minimum atomic E-state index is -0.303. The van der Waals surface area contributed by atoms with Crippen LogP contribution in [0.1, 0.15) is 5.56 Å². The third kappa shape index (κ3) is 2.56. The molecule has 2 aromatic carbocycles. The van der Waals surface area contributed by atoms with Gasteiger partial charge in [-0.25, -0.2) is 9.07 Å². The molecule has 0 unspecified atom stereocenters. The Morgan fingerprint density at radius 2 is 1.95 bits per heavy atom. The number of para-hydroxylation sites is 1. The quantitative estimate of drug-likeness (QED) is 0.751. The average Bonchev–Trinajstić information content (AvgIpc) is 2.81. The van der Waals surface area contributed by atoms with Crippen LogP contribution in [0.2, 0.25) is 0 Å². The molecule has 0 fully saturated rings. The molecule has 3 rings (SSSR count). The van der Waals surface area contributed by atoms with Crippen molar-refractivity contribution in [2.45, 2.75) is 6.92 Å². The number of benzene rings is 2. The first kappa shape index (κ1) is 13.8. The highest BCUT2D eigenvalue weighted by atomic mass is 79.9. The largest absolute Gasteiger partial charge is 0.396 e. The number of halogens is 2. The Bertz CT molecular complexity index is 811. The molecule has 2 N–H and O–H groups in total. The van der Waals surface area contributed by atoms with Crippen molar-refractivity contribution in [3.05, 3.63) is 64.5 Å². The highest BCUT2D eigenvalue weighted by molar-refractivity contribution is 9.10. The summed E-state index contributed by atoms with van der Waals surface area (Å²) >= 11 is 3.35. The summed E-state index contributed by atoms with van der Waals surface area (Å²) in [6.07, 6.45) is 1.77. The van der Waals surface area contributed by atoms with Gasteiger partial charge in [0.25, 0.3) is 0 Å². The van der Waals surface area contributed by atoms with E-state index in [1.807, 2.05) is 31.2 Å². The molecule has 106 valence electrons.